The lowest BCUT2D eigenvalue weighted by Crippen LogP contribution is -2.55. The highest BCUT2D eigenvalue weighted by Gasteiger charge is 2.36. The number of anilines is 1. The van der Waals surface area contributed by atoms with E-state index in [2.05, 4.69) is 40.5 Å². The summed E-state index contributed by atoms with van der Waals surface area (Å²) in [6.45, 7) is 6.29. The van der Waals surface area contributed by atoms with Crippen LogP contribution in [-0.2, 0) is 27.3 Å². The SMILES string of the molecule is O=C(O)CN1CCN(C2CCN(C(=O)C(CC(=O)N3CCC(N4Cc5ccccc5NC4=O)CC3)Cc3ccc4ccccc4c3)CC2)CC1. The van der Waals surface area contributed by atoms with Gasteiger partial charge in [0.15, 0.2) is 0 Å². The van der Waals surface area contributed by atoms with E-state index in [0.29, 0.717) is 58.0 Å². The Kier molecular flexibility index (Phi) is 10.3. The van der Waals surface area contributed by atoms with Crippen LogP contribution in [0, 0.1) is 5.92 Å². The summed E-state index contributed by atoms with van der Waals surface area (Å²) in [6.07, 6.45) is 3.85. The number of nitrogens with zero attached hydrogens (tertiary/aromatic N) is 5. The summed E-state index contributed by atoms with van der Waals surface area (Å²) in [5, 5.41) is 14.4. The number of likely N-dealkylation sites (tertiary alicyclic amines) is 2. The van der Waals surface area contributed by atoms with E-state index in [1.807, 2.05) is 56.0 Å². The van der Waals surface area contributed by atoms with Gasteiger partial charge in [-0.25, -0.2) is 4.79 Å². The largest absolute Gasteiger partial charge is 0.480 e. The Morgan fingerprint density at radius 2 is 1.42 bits per heavy atom. The molecule has 50 heavy (non-hydrogen) atoms. The molecule has 1 atom stereocenters. The molecule has 0 spiro atoms. The topological polar surface area (TPSA) is 117 Å². The molecule has 264 valence electrons. The normalized spacial score (nSPS) is 20.4. The Morgan fingerprint density at radius 1 is 0.760 bits per heavy atom. The average molecular weight is 681 g/mol. The zero-order valence-electron chi connectivity index (χ0n) is 28.7. The average Bonchev–Trinajstić information content (AvgIpc) is 3.14. The first kappa shape index (κ1) is 34.0. The van der Waals surface area contributed by atoms with Gasteiger partial charge in [-0.2, -0.15) is 0 Å². The van der Waals surface area contributed by atoms with Crippen LogP contribution in [0.3, 0.4) is 0 Å². The van der Waals surface area contributed by atoms with E-state index < -0.39 is 11.9 Å². The van der Waals surface area contributed by atoms with Crippen LogP contribution >= 0.6 is 0 Å². The zero-order valence-corrected chi connectivity index (χ0v) is 28.7. The quantitative estimate of drug-likeness (QED) is 0.350. The molecule has 4 aliphatic rings. The molecule has 11 nitrogen and oxygen atoms in total. The molecule has 0 radical (unpaired) electrons. The van der Waals surface area contributed by atoms with Crippen LogP contribution in [0.4, 0.5) is 10.5 Å². The molecule has 3 aromatic rings. The number of amides is 4. The summed E-state index contributed by atoms with van der Waals surface area (Å²) in [4.78, 5) is 62.4. The number of urea groups is 1. The zero-order chi connectivity index (χ0) is 34.6. The lowest BCUT2D eigenvalue weighted by atomic mass is 9.91. The number of hydrogen-bond acceptors (Lipinski definition) is 6. The third-order valence-corrected chi connectivity index (χ3v) is 11.2. The van der Waals surface area contributed by atoms with Crippen LogP contribution in [0.15, 0.2) is 66.7 Å². The molecule has 3 aromatic carbocycles. The van der Waals surface area contributed by atoms with Crippen LogP contribution in [0.25, 0.3) is 10.8 Å². The number of benzene rings is 3. The molecule has 4 amide bonds. The van der Waals surface area contributed by atoms with Gasteiger partial charge < -0.3 is 25.1 Å². The van der Waals surface area contributed by atoms with Gasteiger partial charge in [-0.15, -0.1) is 0 Å². The number of hydrogen-bond donors (Lipinski definition) is 2. The molecule has 0 aromatic heterocycles. The second-order valence-corrected chi connectivity index (χ2v) is 14.4. The summed E-state index contributed by atoms with van der Waals surface area (Å²) >= 11 is 0. The first-order valence-electron chi connectivity index (χ1n) is 18.2. The number of piperidine rings is 2. The summed E-state index contributed by atoms with van der Waals surface area (Å²) in [5.41, 5.74) is 3.02. The fourth-order valence-corrected chi connectivity index (χ4v) is 8.37. The van der Waals surface area contributed by atoms with Gasteiger partial charge in [0.05, 0.1) is 12.5 Å². The maximum atomic E-state index is 14.2. The van der Waals surface area contributed by atoms with E-state index in [-0.39, 0.29) is 36.9 Å². The second kappa shape index (κ2) is 15.2. The van der Waals surface area contributed by atoms with Gasteiger partial charge in [-0.3, -0.25) is 24.2 Å². The number of rotatable bonds is 9. The first-order chi connectivity index (χ1) is 24.3. The number of fused-ring (bicyclic) bond motifs is 2. The predicted octanol–water partition coefficient (Wildman–Crippen LogP) is 4.12. The van der Waals surface area contributed by atoms with Crippen LogP contribution < -0.4 is 5.32 Å². The number of carbonyl (C=O) groups excluding carboxylic acids is 3. The molecule has 3 fully saturated rings. The number of carboxylic acids is 1. The highest BCUT2D eigenvalue weighted by Crippen LogP contribution is 2.29. The van der Waals surface area contributed by atoms with Gasteiger partial charge in [-0.05, 0) is 60.1 Å². The molecule has 0 aliphatic carbocycles. The molecule has 4 heterocycles. The Hall–Kier alpha value is -4.48. The number of nitrogens with one attached hydrogen (secondary N) is 1. The highest BCUT2D eigenvalue weighted by molar-refractivity contribution is 5.92. The van der Waals surface area contributed by atoms with Crippen molar-refractivity contribution in [2.24, 2.45) is 5.92 Å². The number of aliphatic carboxylic acids is 1. The van der Waals surface area contributed by atoms with E-state index in [0.717, 1.165) is 66.6 Å². The van der Waals surface area contributed by atoms with Crippen molar-refractivity contribution in [1.82, 2.24) is 24.5 Å². The van der Waals surface area contributed by atoms with Crippen molar-refractivity contribution in [1.29, 1.82) is 0 Å². The van der Waals surface area contributed by atoms with E-state index in [1.165, 1.54) is 0 Å². The van der Waals surface area contributed by atoms with Crippen molar-refractivity contribution in [2.75, 3.05) is 64.2 Å². The van der Waals surface area contributed by atoms with Gasteiger partial charge in [0.2, 0.25) is 11.8 Å². The van der Waals surface area contributed by atoms with Gasteiger partial charge in [0.1, 0.15) is 0 Å². The van der Waals surface area contributed by atoms with Crippen LogP contribution in [0.5, 0.6) is 0 Å². The van der Waals surface area contributed by atoms with Crippen LogP contribution in [0.1, 0.15) is 43.2 Å². The van der Waals surface area contributed by atoms with Crippen molar-refractivity contribution < 1.29 is 24.3 Å². The minimum atomic E-state index is -0.788. The standard InChI is InChI=1S/C39H48N6O5/c46-36(43-15-13-34(14-16-43)45-26-31-7-3-4-8-35(31)40-39(45)50)25-32(24-28-9-10-29-5-1-2-6-30(29)23-28)38(49)44-17-11-33(12-18-44)42-21-19-41(20-22-42)27-37(47)48/h1-10,23,32-34H,11-22,24-27H2,(H,40,50)(H,47,48). The van der Waals surface area contributed by atoms with E-state index in [9.17, 15) is 19.2 Å². The molecular formula is C39H48N6O5. The van der Waals surface area contributed by atoms with Crippen molar-refractivity contribution in [3.05, 3.63) is 77.9 Å². The summed E-state index contributed by atoms with van der Waals surface area (Å²) < 4.78 is 0. The van der Waals surface area contributed by atoms with E-state index in [1.54, 1.807) is 0 Å². The molecule has 0 saturated carbocycles. The van der Waals surface area contributed by atoms with Gasteiger partial charge in [-0.1, -0.05) is 60.7 Å². The van der Waals surface area contributed by atoms with Gasteiger partial charge in [0.25, 0.3) is 0 Å². The van der Waals surface area contributed by atoms with E-state index in [4.69, 9.17) is 5.11 Å². The fraction of sp³-hybridized carbons (Fsp3) is 0.487. The number of carboxylic acid groups (broad SMARTS) is 1. The summed E-state index contributed by atoms with van der Waals surface area (Å²) in [7, 11) is 0. The van der Waals surface area contributed by atoms with Gasteiger partial charge in [0, 0.05) is 83.1 Å². The van der Waals surface area contributed by atoms with Crippen molar-refractivity contribution in [3.63, 3.8) is 0 Å². The summed E-state index contributed by atoms with van der Waals surface area (Å²) in [6, 6.07) is 22.8. The monoisotopic (exact) mass is 680 g/mol. The molecule has 3 saturated heterocycles. The minimum absolute atomic E-state index is 0.00477. The Balaban J connectivity index is 0.978. The van der Waals surface area contributed by atoms with Crippen LogP contribution in [0.2, 0.25) is 0 Å². The molecule has 0 bridgehead atoms. The second-order valence-electron chi connectivity index (χ2n) is 14.4. The molecule has 2 N–H and O–H groups in total. The molecule has 11 heteroatoms. The Bertz CT molecular complexity index is 1710. The van der Waals surface area contributed by atoms with Crippen molar-refractivity contribution >= 4 is 40.3 Å². The van der Waals surface area contributed by atoms with Crippen molar-refractivity contribution in [3.8, 4) is 0 Å². The Labute approximate surface area is 293 Å². The smallest absolute Gasteiger partial charge is 0.322 e. The molecule has 7 rings (SSSR count). The number of piperazine rings is 1. The number of para-hydroxylation sites is 1. The van der Waals surface area contributed by atoms with E-state index >= 15 is 0 Å². The number of carbonyl (C=O) groups is 4. The van der Waals surface area contributed by atoms with Crippen LogP contribution in [-0.4, -0.2) is 124 Å². The Morgan fingerprint density at radius 3 is 2.16 bits per heavy atom. The maximum absolute atomic E-state index is 14.2. The lowest BCUT2D eigenvalue weighted by molar-refractivity contribution is -0.143. The molecule has 4 aliphatic heterocycles. The maximum Gasteiger partial charge on any atom is 0.322 e. The molecular weight excluding hydrogens is 632 g/mol. The van der Waals surface area contributed by atoms with Crippen molar-refractivity contribution in [2.45, 2.75) is 57.2 Å². The van der Waals surface area contributed by atoms with Gasteiger partial charge >= 0.3 is 12.0 Å². The molecule has 1 unspecified atom stereocenters. The third kappa shape index (κ3) is 7.79. The lowest BCUT2D eigenvalue weighted by Gasteiger charge is -2.43. The third-order valence-electron chi connectivity index (χ3n) is 11.2. The highest BCUT2D eigenvalue weighted by atomic mass is 16.4. The fourth-order valence-electron chi connectivity index (χ4n) is 8.37. The first-order valence-corrected chi connectivity index (χ1v) is 18.2. The minimum Gasteiger partial charge on any atom is -0.480 e. The predicted molar refractivity (Wildman–Crippen MR) is 192 cm³/mol. The summed E-state index contributed by atoms with van der Waals surface area (Å²) in [5.74, 6) is -1.19.